The van der Waals surface area contributed by atoms with Crippen molar-refractivity contribution in [2.24, 2.45) is 0 Å². The molecule has 0 aromatic heterocycles. The zero-order chi connectivity index (χ0) is 8.97. The first-order valence-electron chi connectivity index (χ1n) is 3.68. The molecule has 1 aromatic carbocycles. The lowest BCUT2D eigenvalue weighted by atomic mass is 10.1. The number of halogens is 1. The molecule has 1 nitrogen and oxygen atoms in total. The van der Waals surface area contributed by atoms with Crippen LogP contribution in [-0.4, -0.2) is 5.52 Å². The van der Waals surface area contributed by atoms with Crippen LogP contribution < -0.4 is 4.74 Å². The Labute approximate surface area is 81.2 Å². The van der Waals surface area contributed by atoms with E-state index in [-0.39, 0.29) is 0 Å². The second-order valence-corrected chi connectivity index (χ2v) is 3.02. The van der Waals surface area contributed by atoms with E-state index in [0.29, 0.717) is 5.52 Å². The average Bonchev–Trinajstić information content (AvgIpc) is 2.06. The maximum Gasteiger partial charge on any atom is 0.143 e. The third-order valence-corrected chi connectivity index (χ3v) is 1.80. The van der Waals surface area contributed by atoms with Crippen LogP contribution in [0.3, 0.4) is 0 Å². The first-order valence-corrected chi connectivity index (χ1v) is 4.81. The molecule has 0 saturated carbocycles. The quantitative estimate of drug-likeness (QED) is 0.718. The second-order valence-electron chi connectivity index (χ2n) is 2.56. The Bertz CT molecular complexity index is 264. The van der Waals surface area contributed by atoms with Crippen molar-refractivity contribution >= 4 is 21.5 Å². The minimum Gasteiger partial charge on any atom is -0.482 e. The normalized spacial score (nSPS) is 9.50. The van der Waals surface area contributed by atoms with Gasteiger partial charge in [-0.2, -0.15) is 0 Å². The van der Waals surface area contributed by atoms with Gasteiger partial charge in [0.2, 0.25) is 0 Å². The fourth-order valence-electron chi connectivity index (χ4n) is 0.899. The summed E-state index contributed by atoms with van der Waals surface area (Å²) in [7, 11) is 0. The smallest absolute Gasteiger partial charge is 0.143 e. The van der Waals surface area contributed by atoms with Crippen LogP contribution in [0, 0.1) is 0 Å². The van der Waals surface area contributed by atoms with E-state index in [0.717, 1.165) is 16.9 Å². The topological polar surface area (TPSA) is 9.23 Å². The number of benzene rings is 1. The van der Waals surface area contributed by atoms with Crippen molar-refractivity contribution < 1.29 is 4.74 Å². The van der Waals surface area contributed by atoms with Gasteiger partial charge >= 0.3 is 0 Å². The largest absolute Gasteiger partial charge is 0.482 e. The zero-order valence-corrected chi connectivity index (χ0v) is 8.60. The molecule has 0 aliphatic heterocycles. The predicted molar refractivity (Wildman–Crippen MR) is 55.6 cm³/mol. The molecule has 0 aliphatic carbocycles. The van der Waals surface area contributed by atoms with Crippen LogP contribution in [-0.2, 0) is 0 Å². The molecule has 1 rings (SSSR count). The molecule has 64 valence electrons. The summed E-state index contributed by atoms with van der Waals surface area (Å²) in [5.74, 6) is 0.872. The summed E-state index contributed by atoms with van der Waals surface area (Å²) in [4.78, 5) is 0. The molecule has 0 heterocycles. The minimum absolute atomic E-state index is 0.527. The van der Waals surface area contributed by atoms with Gasteiger partial charge in [0.25, 0.3) is 0 Å². The zero-order valence-electron chi connectivity index (χ0n) is 7.01. The highest BCUT2D eigenvalue weighted by Crippen LogP contribution is 2.17. The van der Waals surface area contributed by atoms with Crippen LogP contribution in [0.5, 0.6) is 5.75 Å². The Morgan fingerprint density at radius 3 is 2.42 bits per heavy atom. The first-order chi connectivity index (χ1) is 5.74. The highest BCUT2D eigenvalue weighted by Gasteiger charge is 1.94. The van der Waals surface area contributed by atoms with Crippen molar-refractivity contribution in [3.63, 3.8) is 0 Å². The van der Waals surface area contributed by atoms with Crippen molar-refractivity contribution in [3.05, 3.63) is 36.4 Å². The third-order valence-electron chi connectivity index (χ3n) is 1.57. The fourth-order valence-corrected chi connectivity index (χ4v) is 1.16. The van der Waals surface area contributed by atoms with Crippen molar-refractivity contribution in [1.82, 2.24) is 0 Å². The molecule has 0 N–H and O–H groups in total. The molecule has 0 fully saturated rings. The van der Waals surface area contributed by atoms with Gasteiger partial charge in [0.1, 0.15) is 11.3 Å². The van der Waals surface area contributed by atoms with Crippen LogP contribution >= 0.6 is 15.9 Å². The number of hydrogen-bond donors (Lipinski definition) is 0. The van der Waals surface area contributed by atoms with Crippen molar-refractivity contribution in [3.8, 4) is 5.75 Å². The average molecular weight is 227 g/mol. The highest BCUT2D eigenvalue weighted by molar-refractivity contribution is 9.09. The first kappa shape index (κ1) is 9.33. The van der Waals surface area contributed by atoms with E-state index in [1.807, 2.05) is 31.2 Å². The van der Waals surface area contributed by atoms with Gasteiger partial charge in [0.15, 0.2) is 0 Å². The highest BCUT2D eigenvalue weighted by atomic mass is 79.9. The van der Waals surface area contributed by atoms with Gasteiger partial charge in [-0.15, -0.1) is 0 Å². The van der Waals surface area contributed by atoms with E-state index >= 15 is 0 Å². The van der Waals surface area contributed by atoms with E-state index in [4.69, 9.17) is 4.74 Å². The molecule has 0 radical (unpaired) electrons. The van der Waals surface area contributed by atoms with Crippen LogP contribution in [0.15, 0.2) is 30.8 Å². The van der Waals surface area contributed by atoms with Gasteiger partial charge < -0.3 is 4.74 Å². The number of allylic oxidation sites excluding steroid dienone is 1. The number of ether oxygens (including phenoxy) is 1. The Morgan fingerprint density at radius 1 is 1.42 bits per heavy atom. The molecule has 0 spiro atoms. The summed E-state index contributed by atoms with van der Waals surface area (Å²) in [6.45, 7) is 5.84. The van der Waals surface area contributed by atoms with Gasteiger partial charge in [-0.1, -0.05) is 24.3 Å². The number of hydrogen-bond acceptors (Lipinski definition) is 1. The van der Waals surface area contributed by atoms with Gasteiger partial charge in [0, 0.05) is 0 Å². The predicted octanol–water partition coefficient (Wildman–Crippen LogP) is 3.45. The van der Waals surface area contributed by atoms with Gasteiger partial charge in [-0.25, -0.2) is 0 Å². The SMILES string of the molecule is C=C(C)c1ccc(OCBr)cc1. The standard InChI is InChI=1S/C10H11BrO/c1-8(2)9-3-5-10(6-4-9)12-7-11/h3-6H,1,7H2,2H3. The lowest BCUT2D eigenvalue weighted by Gasteiger charge is -2.03. The molecule has 0 amide bonds. The van der Waals surface area contributed by atoms with E-state index in [9.17, 15) is 0 Å². The molecule has 0 aliphatic rings. The summed E-state index contributed by atoms with van der Waals surface area (Å²) in [5, 5.41) is 0. The lowest BCUT2D eigenvalue weighted by molar-refractivity contribution is 0.398. The summed E-state index contributed by atoms with van der Waals surface area (Å²) in [6, 6.07) is 7.87. The van der Waals surface area contributed by atoms with Gasteiger partial charge in [-0.3, -0.25) is 0 Å². The van der Waals surface area contributed by atoms with Crippen LogP contribution in [0.1, 0.15) is 12.5 Å². The van der Waals surface area contributed by atoms with Gasteiger partial charge in [-0.05, 0) is 40.5 Å². The fraction of sp³-hybridized carbons (Fsp3) is 0.200. The number of rotatable bonds is 3. The summed E-state index contributed by atoms with van der Waals surface area (Å²) >= 11 is 3.19. The molecular weight excluding hydrogens is 216 g/mol. The van der Waals surface area contributed by atoms with Crippen molar-refractivity contribution in [2.75, 3.05) is 5.52 Å². The van der Waals surface area contributed by atoms with Crippen molar-refractivity contribution in [1.29, 1.82) is 0 Å². The summed E-state index contributed by atoms with van der Waals surface area (Å²) in [5.41, 5.74) is 2.75. The maximum atomic E-state index is 5.23. The van der Waals surface area contributed by atoms with Gasteiger partial charge in [0.05, 0.1) is 0 Å². The molecular formula is C10H11BrO. The molecule has 12 heavy (non-hydrogen) atoms. The monoisotopic (exact) mass is 226 g/mol. The molecule has 0 bridgehead atoms. The van der Waals surface area contributed by atoms with Crippen LogP contribution in [0.4, 0.5) is 0 Å². The number of alkyl halides is 1. The summed E-state index contributed by atoms with van der Waals surface area (Å²) < 4.78 is 5.23. The Kier molecular flexibility index (Phi) is 3.35. The van der Waals surface area contributed by atoms with E-state index < -0.39 is 0 Å². The van der Waals surface area contributed by atoms with Crippen molar-refractivity contribution in [2.45, 2.75) is 6.92 Å². The Morgan fingerprint density at radius 2 is 2.00 bits per heavy atom. The Balaban J connectivity index is 2.78. The van der Waals surface area contributed by atoms with Crippen LogP contribution in [0.2, 0.25) is 0 Å². The maximum absolute atomic E-state index is 5.23. The third kappa shape index (κ3) is 2.38. The Hall–Kier alpha value is -0.760. The van der Waals surface area contributed by atoms with E-state index in [2.05, 4.69) is 22.5 Å². The minimum atomic E-state index is 0.527. The van der Waals surface area contributed by atoms with Crippen LogP contribution in [0.25, 0.3) is 5.57 Å². The lowest BCUT2D eigenvalue weighted by Crippen LogP contribution is -1.88. The molecule has 1 aromatic rings. The van der Waals surface area contributed by atoms with E-state index in [1.54, 1.807) is 0 Å². The summed E-state index contributed by atoms with van der Waals surface area (Å²) in [6.07, 6.45) is 0. The van der Waals surface area contributed by atoms with E-state index in [1.165, 1.54) is 0 Å². The molecule has 0 saturated heterocycles. The molecule has 0 unspecified atom stereocenters. The molecule has 2 heteroatoms. The second kappa shape index (κ2) is 4.31. The molecule has 0 atom stereocenters.